The summed E-state index contributed by atoms with van der Waals surface area (Å²) in [6, 6.07) is 12.0. The Morgan fingerprint density at radius 2 is 1.87 bits per heavy atom. The third-order valence-electron chi connectivity index (χ3n) is 7.16. The summed E-state index contributed by atoms with van der Waals surface area (Å²) in [4.78, 5) is 29.7. The molecule has 0 radical (unpaired) electrons. The van der Waals surface area contributed by atoms with Gasteiger partial charge >= 0.3 is 0 Å². The van der Waals surface area contributed by atoms with Crippen LogP contribution in [0.3, 0.4) is 0 Å². The molecule has 210 valence electrons. The van der Waals surface area contributed by atoms with Crippen LogP contribution < -0.4 is 14.8 Å². The molecule has 10 nitrogen and oxygen atoms in total. The summed E-state index contributed by atoms with van der Waals surface area (Å²) in [5, 5.41) is 11.6. The highest BCUT2D eigenvalue weighted by atomic mass is 16.5. The van der Waals surface area contributed by atoms with E-state index in [1.807, 2.05) is 43.3 Å². The molecule has 0 saturated heterocycles. The number of carbonyl (C=O) groups is 2. The lowest BCUT2D eigenvalue weighted by atomic mass is 9.94. The monoisotopic (exact) mass is 537 g/mol. The normalized spacial score (nSPS) is 14.6. The Morgan fingerprint density at radius 3 is 2.62 bits per heavy atom. The number of amides is 2. The van der Waals surface area contributed by atoms with Gasteiger partial charge < -0.3 is 24.4 Å². The molecule has 1 heterocycles. The Labute approximate surface area is 229 Å². The van der Waals surface area contributed by atoms with Gasteiger partial charge in [-0.1, -0.05) is 48.7 Å². The highest BCUT2D eigenvalue weighted by Gasteiger charge is 2.35. The molecule has 0 spiro atoms. The van der Waals surface area contributed by atoms with Crippen molar-refractivity contribution in [3.05, 3.63) is 48.0 Å². The average molecular weight is 538 g/mol. The minimum absolute atomic E-state index is 0.0609. The van der Waals surface area contributed by atoms with Crippen LogP contribution in [0.1, 0.15) is 57.1 Å². The van der Waals surface area contributed by atoms with Crippen molar-refractivity contribution in [2.24, 2.45) is 0 Å². The highest BCUT2D eigenvalue weighted by Crippen LogP contribution is 2.38. The van der Waals surface area contributed by atoms with Gasteiger partial charge in [-0.25, -0.2) is 4.68 Å². The first-order valence-electron chi connectivity index (χ1n) is 13.7. The zero-order chi connectivity index (χ0) is 27.6. The lowest BCUT2D eigenvalue weighted by molar-refractivity contribution is -0.142. The van der Waals surface area contributed by atoms with Crippen LogP contribution in [0.15, 0.2) is 42.5 Å². The molecule has 0 bridgehead atoms. The van der Waals surface area contributed by atoms with Gasteiger partial charge in [0.05, 0.1) is 19.7 Å². The van der Waals surface area contributed by atoms with Gasteiger partial charge in [-0.2, -0.15) is 0 Å². The van der Waals surface area contributed by atoms with Crippen molar-refractivity contribution in [3.63, 3.8) is 0 Å². The van der Waals surface area contributed by atoms with E-state index in [1.54, 1.807) is 29.9 Å². The van der Waals surface area contributed by atoms with Crippen LogP contribution >= 0.6 is 0 Å². The van der Waals surface area contributed by atoms with E-state index in [9.17, 15) is 9.59 Å². The SMILES string of the molecule is CCOCCCN(C(=O)Cn1nnc2ccccc21)[C@H](C(=O)NC1CCCCC1)c1cccc(OC)c1OC. The fraction of sp³-hybridized carbons (Fsp3) is 0.517. The van der Waals surface area contributed by atoms with Crippen LogP contribution in [0.25, 0.3) is 11.0 Å². The van der Waals surface area contributed by atoms with Gasteiger partial charge in [0, 0.05) is 31.4 Å². The molecule has 3 aromatic rings. The maximum absolute atomic E-state index is 14.1. The number of carbonyl (C=O) groups excluding carboxylic acids is 2. The third-order valence-corrected chi connectivity index (χ3v) is 7.16. The van der Waals surface area contributed by atoms with Gasteiger partial charge in [0.2, 0.25) is 11.8 Å². The predicted octanol–water partition coefficient (Wildman–Crippen LogP) is 3.89. The van der Waals surface area contributed by atoms with Gasteiger partial charge in [0.25, 0.3) is 0 Å². The summed E-state index contributed by atoms with van der Waals surface area (Å²) in [5.41, 5.74) is 2.02. The number of nitrogens with zero attached hydrogens (tertiary/aromatic N) is 4. The van der Waals surface area contributed by atoms with Crippen molar-refractivity contribution in [3.8, 4) is 11.5 Å². The zero-order valence-electron chi connectivity index (χ0n) is 23.1. The second kappa shape index (κ2) is 13.9. The first-order chi connectivity index (χ1) is 19.1. The molecule has 1 aliphatic rings. The second-order valence-corrected chi connectivity index (χ2v) is 9.70. The van der Waals surface area contributed by atoms with E-state index in [4.69, 9.17) is 14.2 Å². The van der Waals surface area contributed by atoms with Gasteiger partial charge in [-0.15, -0.1) is 5.10 Å². The van der Waals surface area contributed by atoms with Crippen molar-refractivity contribution in [1.29, 1.82) is 0 Å². The van der Waals surface area contributed by atoms with E-state index < -0.39 is 6.04 Å². The van der Waals surface area contributed by atoms with Gasteiger partial charge in [-0.3, -0.25) is 9.59 Å². The molecule has 1 aliphatic carbocycles. The minimum atomic E-state index is -0.930. The number of hydrogen-bond acceptors (Lipinski definition) is 7. The number of nitrogens with one attached hydrogen (secondary N) is 1. The number of methoxy groups -OCH3 is 2. The molecule has 1 N–H and O–H groups in total. The van der Waals surface area contributed by atoms with Crippen LogP contribution in [-0.4, -0.2) is 71.7 Å². The van der Waals surface area contributed by atoms with Crippen molar-refractivity contribution in [1.82, 2.24) is 25.2 Å². The number of ether oxygens (including phenoxy) is 3. The molecule has 1 fully saturated rings. The molecular weight excluding hydrogens is 498 g/mol. The van der Waals surface area contributed by atoms with E-state index in [2.05, 4.69) is 15.6 Å². The summed E-state index contributed by atoms with van der Waals surface area (Å²) >= 11 is 0. The number of aromatic nitrogens is 3. The van der Waals surface area contributed by atoms with E-state index >= 15 is 0 Å². The maximum atomic E-state index is 14.1. The first kappa shape index (κ1) is 28.4. The molecular formula is C29H39N5O5. The van der Waals surface area contributed by atoms with Crippen LogP contribution in [-0.2, 0) is 20.9 Å². The Balaban J connectivity index is 1.72. The Hall–Kier alpha value is -3.66. The van der Waals surface area contributed by atoms with E-state index in [-0.39, 0.29) is 24.4 Å². The van der Waals surface area contributed by atoms with Crippen LogP contribution in [0, 0.1) is 0 Å². The maximum Gasteiger partial charge on any atom is 0.247 e. The number of benzene rings is 2. The minimum Gasteiger partial charge on any atom is -0.493 e. The zero-order valence-corrected chi connectivity index (χ0v) is 23.1. The van der Waals surface area contributed by atoms with Gasteiger partial charge in [0.15, 0.2) is 11.5 Å². The lowest BCUT2D eigenvalue weighted by Gasteiger charge is -2.34. The molecule has 2 aromatic carbocycles. The predicted molar refractivity (Wildman–Crippen MR) is 148 cm³/mol. The van der Waals surface area contributed by atoms with E-state index in [0.717, 1.165) is 31.2 Å². The molecule has 39 heavy (non-hydrogen) atoms. The smallest absolute Gasteiger partial charge is 0.247 e. The van der Waals surface area contributed by atoms with Crippen LogP contribution in [0.4, 0.5) is 0 Å². The summed E-state index contributed by atoms with van der Waals surface area (Å²) in [5.74, 6) is 0.435. The van der Waals surface area contributed by atoms with Crippen LogP contribution in [0.5, 0.6) is 11.5 Å². The quantitative estimate of drug-likeness (QED) is 0.330. The third kappa shape index (κ3) is 6.86. The molecule has 10 heteroatoms. The molecule has 2 amide bonds. The molecule has 0 aliphatic heterocycles. The molecule has 0 unspecified atom stereocenters. The van der Waals surface area contributed by atoms with Crippen molar-refractivity contribution < 1.29 is 23.8 Å². The van der Waals surface area contributed by atoms with E-state index in [0.29, 0.717) is 48.8 Å². The molecule has 1 aromatic heterocycles. The van der Waals surface area contributed by atoms with Crippen molar-refractivity contribution in [2.45, 2.75) is 64.1 Å². The van der Waals surface area contributed by atoms with Crippen molar-refractivity contribution in [2.75, 3.05) is 34.0 Å². The fourth-order valence-electron chi connectivity index (χ4n) is 5.24. The van der Waals surface area contributed by atoms with E-state index in [1.165, 1.54) is 6.42 Å². The average Bonchev–Trinajstić information content (AvgIpc) is 3.37. The molecule has 1 saturated carbocycles. The topological polar surface area (TPSA) is 108 Å². The second-order valence-electron chi connectivity index (χ2n) is 9.70. The summed E-state index contributed by atoms with van der Waals surface area (Å²) in [6.07, 6.45) is 5.75. The molecule has 1 atom stereocenters. The fourth-order valence-corrected chi connectivity index (χ4v) is 5.24. The summed E-state index contributed by atoms with van der Waals surface area (Å²) < 4.78 is 18.4. The molecule has 4 rings (SSSR count). The number of para-hydroxylation sites is 2. The van der Waals surface area contributed by atoms with Gasteiger partial charge in [-0.05, 0) is 44.4 Å². The Kier molecular flexibility index (Phi) is 10.1. The largest absolute Gasteiger partial charge is 0.493 e. The number of hydrogen-bond donors (Lipinski definition) is 1. The lowest BCUT2D eigenvalue weighted by Crippen LogP contribution is -2.48. The Morgan fingerprint density at radius 1 is 1.08 bits per heavy atom. The van der Waals surface area contributed by atoms with Crippen molar-refractivity contribution >= 4 is 22.8 Å². The number of fused-ring (bicyclic) bond motifs is 1. The standard InChI is InChI=1S/C29H39N5O5/c1-4-39-19-11-18-33(26(35)20-34-24-16-9-8-15-23(24)31-32-34)27(29(36)30-21-12-6-5-7-13-21)22-14-10-17-25(37-2)28(22)38-3/h8-10,14-17,21,27H,4-7,11-13,18-20H2,1-3H3,(H,30,36)/t27-/m0/s1. The number of rotatable bonds is 13. The van der Waals surface area contributed by atoms with Gasteiger partial charge in [0.1, 0.15) is 18.1 Å². The van der Waals surface area contributed by atoms with Crippen LogP contribution in [0.2, 0.25) is 0 Å². The highest BCUT2D eigenvalue weighted by molar-refractivity contribution is 5.90. The first-order valence-corrected chi connectivity index (χ1v) is 13.7. The summed E-state index contributed by atoms with van der Waals surface area (Å²) in [6.45, 7) is 3.23. The summed E-state index contributed by atoms with van der Waals surface area (Å²) in [7, 11) is 3.10. The Bertz CT molecular complexity index is 1240.